The number of methoxy groups -OCH3 is 1. The largest absolute Gasteiger partial charge is 0.497 e. The number of carbonyl (C=O) groups is 1. The van der Waals surface area contributed by atoms with Gasteiger partial charge in [0.1, 0.15) is 11.4 Å². The Balaban J connectivity index is 1.62. The van der Waals surface area contributed by atoms with Crippen molar-refractivity contribution in [2.75, 3.05) is 12.3 Å². The standard InChI is InChI=1S/C21H17N7O5/c1-13(29)26-27(33-20-9-10-22-18-11-16(32-2)7-8-17(18)20)21-23-12-19(24-25-21)14-3-5-15(6-4-14)28(30)31/h3-12H,1-2H3,(H,26,29). The van der Waals surface area contributed by atoms with E-state index in [1.165, 1.54) is 25.3 Å². The van der Waals surface area contributed by atoms with Crippen LogP contribution in [0, 0.1) is 10.1 Å². The Hall–Kier alpha value is -4.87. The zero-order valence-corrected chi connectivity index (χ0v) is 17.5. The van der Waals surface area contributed by atoms with Gasteiger partial charge in [-0.2, -0.15) is 0 Å². The molecular formula is C21H17N7O5. The Morgan fingerprint density at radius 3 is 2.52 bits per heavy atom. The van der Waals surface area contributed by atoms with E-state index in [9.17, 15) is 14.9 Å². The Kier molecular flexibility index (Phi) is 5.89. The summed E-state index contributed by atoms with van der Waals surface area (Å²) in [4.78, 5) is 36.5. The second-order valence-corrected chi connectivity index (χ2v) is 6.69. The van der Waals surface area contributed by atoms with E-state index < -0.39 is 10.8 Å². The lowest BCUT2D eigenvalue weighted by molar-refractivity contribution is -0.384. The quantitative estimate of drug-likeness (QED) is 0.331. The van der Waals surface area contributed by atoms with Crippen LogP contribution in [0.3, 0.4) is 0 Å². The van der Waals surface area contributed by atoms with Crippen molar-refractivity contribution in [1.29, 1.82) is 0 Å². The molecule has 1 N–H and O–H groups in total. The summed E-state index contributed by atoms with van der Waals surface area (Å²) in [6, 6.07) is 12.7. The van der Waals surface area contributed by atoms with Crippen molar-refractivity contribution < 1.29 is 19.3 Å². The number of nitro groups is 1. The van der Waals surface area contributed by atoms with Crippen molar-refractivity contribution in [2.24, 2.45) is 0 Å². The molecular weight excluding hydrogens is 430 g/mol. The third-order valence-electron chi connectivity index (χ3n) is 4.46. The summed E-state index contributed by atoms with van der Waals surface area (Å²) < 4.78 is 5.22. The summed E-state index contributed by atoms with van der Waals surface area (Å²) in [5, 5.41) is 20.6. The number of nitrogens with one attached hydrogen (secondary N) is 1. The molecule has 12 heteroatoms. The van der Waals surface area contributed by atoms with Crippen LogP contribution in [0.15, 0.2) is 60.9 Å². The number of aromatic nitrogens is 4. The second-order valence-electron chi connectivity index (χ2n) is 6.69. The summed E-state index contributed by atoms with van der Waals surface area (Å²) in [5.41, 5.74) is 4.06. The van der Waals surface area contributed by atoms with Gasteiger partial charge in [-0.15, -0.1) is 10.2 Å². The Bertz CT molecular complexity index is 1310. The average molecular weight is 447 g/mol. The first kappa shape index (κ1) is 21.4. The van der Waals surface area contributed by atoms with Gasteiger partial charge in [-0.25, -0.2) is 10.4 Å². The molecule has 4 rings (SSSR count). The highest BCUT2D eigenvalue weighted by atomic mass is 16.7. The number of hydrazine groups is 1. The van der Waals surface area contributed by atoms with Gasteiger partial charge < -0.3 is 9.57 Å². The number of carbonyl (C=O) groups excluding carboxylic acids is 1. The first-order chi connectivity index (χ1) is 15.9. The predicted octanol–water partition coefficient (Wildman–Crippen LogP) is 2.86. The van der Waals surface area contributed by atoms with Crippen molar-refractivity contribution in [3.8, 4) is 22.8 Å². The normalized spacial score (nSPS) is 10.5. The van der Waals surface area contributed by atoms with Gasteiger partial charge in [0.05, 0.1) is 23.7 Å². The zero-order valence-electron chi connectivity index (χ0n) is 17.5. The smallest absolute Gasteiger partial charge is 0.301 e. The number of rotatable bonds is 7. The maximum Gasteiger partial charge on any atom is 0.301 e. The van der Waals surface area contributed by atoms with Crippen LogP contribution in [-0.4, -0.2) is 38.1 Å². The third kappa shape index (κ3) is 4.74. The first-order valence-electron chi connectivity index (χ1n) is 9.57. The fourth-order valence-corrected chi connectivity index (χ4v) is 2.91. The fourth-order valence-electron chi connectivity index (χ4n) is 2.91. The minimum absolute atomic E-state index is 0.0330. The lowest BCUT2D eigenvalue weighted by Gasteiger charge is -2.22. The van der Waals surface area contributed by atoms with Crippen LogP contribution >= 0.6 is 0 Å². The summed E-state index contributed by atoms with van der Waals surface area (Å²) >= 11 is 0. The first-order valence-corrected chi connectivity index (χ1v) is 9.57. The number of hydrogen-bond donors (Lipinski definition) is 1. The van der Waals surface area contributed by atoms with Crippen LogP contribution in [0.5, 0.6) is 11.5 Å². The summed E-state index contributed by atoms with van der Waals surface area (Å²) in [5.74, 6) is 0.576. The Labute approximate surface area is 186 Å². The summed E-state index contributed by atoms with van der Waals surface area (Å²) in [7, 11) is 1.56. The number of hydrogen-bond acceptors (Lipinski definition) is 10. The molecule has 2 aromatic heterocycles. The maximum atomic E-state index is 11.7. The van der Waals surface area contributed by atoms with E-state index in [4.69, 9.17) is 9.57 Å². The van der Waals surface area contributed by atoms with E-state index in [1.54, 1.807) is 49.7 Å². The molecule has 4 aromatic rings. The van der Waals surface area contributed by atoms with E-state index in [1.807, 2.05) is 0 Å². The van der Waals surface area contributed by atoms with E-state index >= 15 is 0 Å². The van der Waals surface area contributed by atoms with Crippen molar-refractivity contribution in [1.82, 2.24) is 25.6 Å². The summed E-state index contributed by atoms with van der Waals surface area (Å²) in [6.07, 6.45) is 2.97. The fraction of sp³-hybridized carbons (Fsp3) is 0.0952. The second kappa shape index (κ2) is 9.09. The van der Waals surface area contributed by atoms with Gasteiger partial charge in [0.15, 0.2) is 5.75 Å². The molecule has 2 aromatic carbocycles. The molecule has 1 amide bonds. The highest BCUT2D eigenvalue weighted by Crippen LogP contribution is 2.28. The molecule has 0 aliphatic rings. The van der Waals surface area contributed by atoms with Gasteiger partial charge in [-0.1, -0.05) is 5.17 Å². The molecule has 166 valence electrons. The average Bonchev–Trinajstić information content (AvgIpc) is 2.83. The third-order valence-corrected chi connectivity index (χ3v) is 4.46. The van der Waals surface area contributed by atoms with Crippen LogP contribution in [0.4, 0.5) is 11.6 Å². The summed E-state index contributed by atoms with van der Waals surface area (Å²) in [6.45, 7) is 1.31. The molecule has 12 nitrogen and oxygen atoms in total. The zero-order chi connectivity index (χ0) is 23.4. The van der Waals surface area contributed by atoms with Crippen LogP contribution in [0.2, 0.25) is 0 Å². The van der Waals surface area contributed by atoms with Crippen LogP contribution in [0.25, 0.3) is 22.2 Å². The van der Waals surface area contributed by atoms with Crippen LogP contribution in [-0.2, 0) is 4.79 Å². The number of pyridine rings is 1. The van der Waals surface area contributed by atoms with Gasteiger partial charge in [0.2, 0.25) is 5.91 Å². The molecule has 0 radical (unpaired) electrons. The molecule has 0 aliphatic carbocycles. The lowest BCUT2D eigenvalue weighted by atomic mass is 10.1. The maximum absolute atomic E-state index is 11.7. The molecule has 0 spiro atoms. The monoisotopic (exact) mass is 447 g/mol. The molecule has 0 bridgehead atoms. The number of fused-ring (bicyclic) bond motifs is 1. The van der Waals surface area contributed by atoms with Crippen molar-refractivity contribution >= 4 is 28.4 Å². The SMILES string of the molecule is COc1ccc2c(ON(NC(C)=O)c3ncc(-c4ccc([N+](=O)[O-])cc4)nn3)ccnc2c1. The van der Waals surface area contributed by atoms with Gasteiger partial charge in [0.25, 0.3) is 5.69 Å². The molecule has 2 heterocycles. The highest BCUT2D eigenvalue weighted by molar-refractivity contribution is 5.86. The Morgan fingerprint density at radius 2 is 1.88 bits per heavy atom. The van der Waals surface area contributed by atoms with Crippen LogP contribution < -0.4 is 20.2 Å². The van der Waals surface area contributed by atoms with E-state index in [0.717, 1.165) is 5.17 Å². The van der Waals surface area contributed by atoms with Gasteiger partial charge in [-0.3, -0.25) is 19.9 Å². The van der Waals surface area contributed by atoms with Crippen molar-refractivity contribution in [2.45, 2.75) is 6.92 Å². The van der Waals surface area contributed by atoms with Crippen molar-refractivity contribution in [3.05, 3.63) is 71.0 Å². The van der Waals surface area contributed by atoms with E-state index in [0.29, 0.717) is 33.7 Å². The molecule has 33 heavy (non-hydrogen) atoms. The number of non-ortho nitro benzene ring substituents is 1. The predicted molar refractivity (Wildman–Crippen MR) is 117 cm³/mol. The van der Waals surface area contributed by atoms with Crippen LogP contribution in [0.1, 0.15) is 6.92 Å². The highest BCUT2D eigenvalue weighted by Gasteiger charge is 2.17. The minimum Gasteiger partial charge on any atom is -0.497 e. The number of benzene rings is 2. The number of nitro benzene ring substituents is 1. The Morgan fingerprint density at radius 1 is 1.09 bits per heavy atom. The lowest BCUT2D eigenvalue weighted by Crippen LogP contribution is -2.45. The number of anilines is 1. The van der Waals surface area contributed by atoms with Gasteiger partial charge in [-0.05, 0) is 24.3 Å². The molecule has 0 saturated carbocycles. The molecule has 0 unspecified atom stereocenters. The van der Waals surface area contributed by atoms with Gasteiger partial charge >= 0.3 is 5.95 Å². The molecule has 0 fully saturated rings. The minimum atomic E-state index is -0.488. The van der Waals surface area contributed by atoms with Gasteiger partial charge in [0, 0.05) is 48.3 Å². The molecule has 0 aliphatic heterocycles. The number of ether oxygens (including phenoxy) is 1. The van der Waals surface area contributed by atoms with E-state index in [2.05, 4.69) is 25.6 Å². The molecule has 0 saturated heterocycles. The number of amides is 1. The topological polar surface area (TPSA) is 146 Å². The molecule has 0 atom stereocenters. The van der Waals surface area contributed by atoms with E-state index in [-0.39, 0.29) is 11.6 Å². The number of nitrogens with zero attached hydrogens (tertiary/aromatic N) is 6. The van der Waals surface area contributed by atoms with Crippen molar-refractivity contribution in [3.63, 3.8) is 0 Å².